The lowest BCUT2D eigenvalue weighted by atomic mass is 9.93. The van der Waals surface area contributed by atoms with Crippen LogP contribution in [0.25, 0.3) is 0 Å². The van der Waals surface area contributed by atoms with E-state index in [9.17, 15) is 0 Å². The fourth-order valence-electron chi connectivity index (χ4n) is 3.05. The van der Waals surface area contributed by atoms with Gasteiger partial charge < -0.3 is 11.1 Å². The Hall–Kier alpha value is -1.80. The fraction of sp³-hybridized carbons (Fsp3) is 0.429. The highest BCUT2D eigenvalue weighted by Gasteiger charge is 2.09. The standard InChI is InChI=1S/C21H30N2/c1-5-23-21-9-7-18(14-20(21)15(2)3)13-19-8-6-17(10-11-22)12-16(19)4/h6-9,12,14-15,23H,5,10-11,13,22H2,1-4H3. The average Bonchev–Trinajstić information content (AvgIpc) is 2.51. The molecule has 0 saturated heterocycles. The van der Waals surface area contributed by atoms with Crippen LogP contribution in [0.5, 0.6) is 0 Å². The van der Waals surface area contributed by atoms with Gasteiger partial charge in [-0.25, -0.2) is 0 Å². The topological polar surface area (TPSA) is 38.0 Å². The van der Waals surface area contributed by atoms with E-state index in [-0.39, 0.29) is 0 Å². The van der Waals surface area contributed by atoms with Crippen LogP contribution in [0, 0.1) is 6.92 Å². The van der Waals surface area contributed by atoms with Crippen molar-refractivity contribution >= 4 is 5.69 Å². The Labute approximate surface area is 141 Å². The number of hydrogen-bond donors (Lipinski definition) is 2. The number of benzene rings is 2. The van der Waals surface area contributed by atoms with Crippen molar-refractivity contribution in [1.82, 2.24) is 0 Å². The quantitative estimate of drug-likeness (QED) is 0.781. The molecule has 3 N–H and O–H groups in total. The molecule has 2 nitrogen and oxygen atoms in total. The van der Waals surface area contributed by atoms with Crippen molar-refractivity contribution in [2.24, 2.45) is 5.73 Å². The van der Waals surface area contributed by atoms with Crippen molar-refractivity contribution in [2.75, 3.05) is 18.4 Å². The molecular weight excluding hydrogens is 280 g/mol. The third-order valence-electron chi connectivity index (χ3n) is 4.34. The minimum atomic E-state index is 0.525. The first-order valence-electron chi connectivity index (χ1n) is 8.70. The predicted molar refractivity (Wildman–Crippen MR) is 101 cm³/mol. The van der Waals surface area contributed by atoms with Gasteiger partial charge in [-0.15, -0.1) is 0 Å². The Morgan fingerprint density at radius 1 is 1.04 bits per heavy atom. The van der Waals surface area contributed by atoms with Gasteiger partial charge in [-0.3, -0.25) is 0 Å². The molecular formula is C21H30N2. The molecule has 0 radical (unpaired) electrons. The minimum Gasteiger partial charge on any atom is -0.385 e. The number of anilines is 1. The molecule has 2 rings (SSSR count). The van der Waals surface area contributed by atoms with Gasteiger partial charge in [0.1, 0.15) is 0 Å². The van der Waals surface area contributed by atoms with Gasteiger partial charge in [0, 0.05) is 12.2 Å². The summed E-state index contributed by atoms with van der Waals surface area (Å²) >= 11 is 0. The van der Waals surface area contributed by atoms with E-state index in [2.05, 4.69) is 69.4 Å². The molecule has 0 bridgehead atoms. The number of aryl methyl sites for hydroxylation is 1. The van der Waals surface area contributed by atoms with E-state index < -0.39 is 0 Å². The van der Waals surface area contributed by atoms with E-state index in [1.807, 2.05) is 0 Å². The van der Waals surface area contributed by atoms with Crippen LogP contribution < -0.4 is 11.1 Å². The molecule has 2 heteroatoms. The summed E-state index contributed by atoms with van der Waals surface area (Å²) in [6.07, 6.45) is 1.94. The minimum absolute atomic E-state index is 0.525. The fourth-order valence-corrected chi connectivity index (χ4v) is 3.05. The summed E-state index contributed by atoms with van der Waals surface area (Å²) in [6, 6.07) is 13.6. The Morgan fingerprint density at radius 2 is 1.78 bits per heavy atom. The summed E-state index contributed by atoms with van der Waals surface area (Å²) in [5.74, 6) is 0.525. The Balaban J connectivity index is 2.24. The van der Waals surface area contributed by atoms with Gasteiger partial charge in [-0.05, 0) is 73.0 Å². The van der Waals surface area contributed by atoms with Crippen molar-refractivity contribution in [2.45, 2.75) is 46.5 Å². The zero-order chi connectivity index (χ0) is 16.8. The highest BCUT2D eigenvalue weighted by atomic mass is 14.9. The Bertz CT molecular complexity index is 644. The van der Waals surface area contributed by atoms with Crippen LogP contribution in [0.15, 0.2) is 36.4 Å². The molecule has 0 aliphatic rings. The SMILES string of the molecule is CCNc1ccc(Cc2ccc(CCN)cc2C)cc1C(C)C. The van der Waals surface area contributed by atoms with E-state index >= 15 is 0 Å². The molecule has 0 atom stereocenters. The first kappa shape index (κ1) is 17.6. The molecule has 0 heterocycles. The average molecular weight is 310 g/mol. The predicted octanol–water partition coefficient (Wildman–Crippen LogP) is 4.64. The number of nitrogens with one attached hydrogen (secondary N) is 1. The maximum Gasteiger partial charge on any atom is 0.0375 e. The first-order valence-corrected chi connectivity index (χ1v) is 8.70. The highest BCUT2D eigenvalue weighted by molar-refractivity contribution is 5.54. The van der Waals surface area contributed by atoms with E-state index in [4.69, 9.17) is 5.73 Å². The summed E-state index contributed by atoms with van der Waals surface area (Å²) in [5, 5.41) is 3.47. The normalized spacial score (nSPS) is 11.0. The monoisotopic (exact) mass is 310 g/mol. The van der Waals surface area contributed by atoms with Crippen molar-refractivity contribution in [3.8, 4) is 0 Å². The van der Waals surface area contributed by atoms with Crippen LogP contribution in [0.3, 0.4) is 0 Å². The lowest BCUT2D eigenvalue weighted by Gasteiger charge is -2.16. The van der Waals surface area contributed by atoms with Gasteiger partial charge in [0.15, 0.2) is 0 Å². The molecule has 0 saturated carbocycles. The van der Waals surface area contributed by atoms with Gasteiger partial charge in [0.05, 0.1) is 0 Å². The molecule has 0 aliphatic carbocycles. The molecule has 0 spiro atoms. The largest absolute Gasteiger partial charge is 0.385 e. The molecule has 0 aliphatic heterocycles. The molecule has 0 unspecified atom stereocenters. The molecule has 2 aromatic carbocycles. The van der Waals surface area contributed by atoms with Crippen LogP contribution in [-0.2, 0) is 12.8 Å². The molecule has 0 amide bonds. The number of rotatable bonds is 7. The Kier molecular flexibility index (Phi) is 6.23. The van der Waals surface area contributed by atoms with Crippen LogP contribution in [0.1, 0.15) is 54.5 Å². The zero-order valence-electron chi connectivity index (χ0n) is 14.9. The van der Waals surface area contributed by atoms with Gasteiger partial charge in [-0.1, -0.05) is 44.2 Å². The van der Waals surface area contributed by atoms with Crippen LogP contribution >= 0.6 is 0 Å². The van der Waals surface area contributed by atoms with Crippen LogP contribution in [0.2, 0.25) is 0 Å². The molecule has 0 aromatic heterocycles. The second kappa shape index (κ2) is 8.16. The third-order valence-corrected chi connectivity index (χ3v) is 4.34. The van der Waals surface area contributed by atoms with Crippen LogP contribution in [-0.4, -0.2) is 13.1 Å². The lowest BCUT2D eigenvalue weighted by molar-refractivity contribution is 0.863. The molecule has 124 valence electrons. The van der Waals surface area contributed by atoms with Gasteiger partial charge in [0.25, 0.3) is 0 Å². The van der Waals surface area contributed by atoms with Gasteiger partial charge in [0.2, 0.25) is 0 Å². The second-order valence-electron chi connectivity index (χ2n) is 6.58. The van der Waals surface area contributed by atoms with Crippen molar-refractivity contribution in [3.63, 3.8) is 0 Å². The van der Waals surface area contributed by atoms with E-state index in [1.54, 1.807) is 0 Å². The molecule has 0 fully saturated rings. The zero-order valence-corrected chi connectivity index (χ0v) is 14.9. The van der Waals surface area contributed by atoms with Crippen molar-refractivity contribution < 1.29 is 0 Å². The smallest absolute Gasteiger partial charge is 0.0375 e. The summed E-state index contributed by atoms with van der Waals surface area (Å²) in [6.45, 7) is 10.5. The highest BCUT2D eigenvalue weighted by Crippen LogP contribution is 2.27. The summed E-state index contributed by atoms with van der Waals surface area (Å²) < 4.78 is 0. The van der Waals surface area contributed by atoms with Gasteiger partial charge in [-0.2, -0.15) is 0 Å². The molecule has 2 aromatic rings. The second-order valence-corrected chi connectivity index (χ2v) is 6.58. The number of nitrogens with two attached hydrogens (primary N) is 1. The van der Waals surface area contributed by atoms with Gasteiger partial charge >= 0.3 is 0 Å². The maximum absolute atomic E-state index is 5.65. The summed E-state index contributed by atoms with van der Waals surface area (Å²) in [4.78, 5) is 0. The van der Waals surface area contributed by atoms with Crippen molar-refractivity contribution in [3.05, 3.63) is 64.2 Å². The summed E-state index contributed by atoms with van der Waals surface area (Å²) in [5.41, 5.74) is 13.8. The Morgan fingerprint density at radius 3 is 2.39 bits per heavy atom. The lowest BCUT2D eigenvalue weighted by Crippen LogP contribution is -2.04. The van der Waals surface area contributed by atoms with Crippen LogP contribution in [0.4, 0.5) is 5.69 Å². The van der Waals surface area contributed by atoms with E-state index in [0.29, 0.717) is 12.5 Å². The third kappa shape index (κ3) is 4.59. The maximum atomic E-state index is 5.65. The first-order chi connectivity index (χ1) is 11.0. The van der Waals surface area contributed by atoms with E-state index in [0.717, 1.165) is 19.4 Å². The number of hydrogen-bond acceptors (Lipinski definition) is 2. The summed E-state index contributed by atoms with van der Waals surface area (Å²) in [7, 11) is 0. The van der Waals surface area contributed by atoms with Crippen molar-refractivity contribution in [1.29, 1.82) is 0 Å². The molecule has 23 heavy (non-hydrogen) atoms. The van der Waals surface area contributed by atoms with E-state index in [1.165, 1.54) is 33.5 Å².